The fraction of sp³-hybridized carbons (Fsp3) is 0.160. The largest absolute Gasteiger partial charge is 0.513 e. The van der Waals surface area contributed by atoms with Gasteiger partial charge in [0.2, 0.25) is 0 Å². The molecule has 0 heterocycles. The van der Waals surface area contributed by atoms with E-state index in [9.17, 15) is 18.0 Å². The van der Waals surface area contributed by atoms with E-state index >= 15 is 0 Å². The average molecular weight is 546 g/mol. The highest BCUT2D eigenvalue weighted by Crippen LogP contribution is 2.30. The van der Waals surface area contributed by atoms with E-state index in [1.807, 2.05) is 6.92 Å². The van der Waals surface area contributed by atoms with Crippen LogP contribution in [-0.4, -0.2) is 47.5 Å². The molecule has 0 aliphatic carbocycles. The molecule has 1 amide bonds. The van der Waals surface area contributed by atoms with Crippen LogP contribution in [0.5, 0.6) is 11.5 Å². The summed E-state index contributed by atoms with van der Waals surface area (Å²) in [5.74, 6) is -0.341. The highest BCUT2D eigenvalue weighted by molar-refractivity contribution is 7.92. The maximum atomic E-state index is 13.4. The van der Waals surface area contributed by atoms with E-state index in [1.54, 1.807) is 30.3 Å². The number of carbonyl (C=O) groups excluding carboxylic acids is 2. The molecule has 37 heavy (non-hydrogen) atoms. The molecule has 0 fully saturated rings. The molecule has 1 N–H and O–H groups in total. The number of ether oxygens (including phenoxy) is 3. The van der Waals surface area contributed by atoms with Crippen molar-refractivity contribution >= 4 is 45.6 Å². The van der Waals surface area contributed by atoms with E-state index in [1.165, 1.54) is 56.8 Å². The van der Waals surface area contributed by atoms with Crippen molar-refractivity contribution in [1.82, 2.24) is 5.43 Å². The molecule has 10 nitrogen and oxygen atoms in total. The number of anilines is 1. The Hall–Kier alpha value is -4.09. The van der Waals surface area contributed by atoms with E-state index in [0.29, 0.717) is 5.56 Å². The van der Waals surface area contributed by atoms with Crippen LogP contribution in [0.2, 0.25) is 5.02 Å². The van der Waals surface area contributed by atoms with Crippen LogP contribution in [0, 0.1) is 6.92 Å². The maximum absolute atomic E-state index is 13.4. The van der Waals surface area contributed by atoms with Gasteiger partial charge in [0.25, 0.3) is 15.9 Å². The summed E-state index contributed by atoms with van der Waals surface area (Å²) in [6.45, 7) is 1.26. The molecular formula is C25H24ClN3O7S. The number of nitrogens with one attached hydrogen (secondary N) is 1. The summed E-state index contributed by atoms with van der Waals surface area (Å²) in [6, 6.07) is 17.1. The van der Waals surface area contributed by atoms with Crippen LogP contribution in [0.4, 0.5) is 10.5 Å². The monoisotopic (exact) mass is 545 g/mol. The lowest BCUT2D eigenvalue weighted by Gasteiger charge is -2.24. The van der Waals surface area contributed by atoms with Crippen molar-refractivity contribution in [3.63, 3.8) is 0 Å². The first-order chi connectivity index (χ1) is 17.6. The lowest BCUT2D eigenvalue weighted by Crippen LogP contribution is -2.39. The number of amides is 1. The minimum Gasteiger partial charge on any atom is -0.493 e. The van der Waals surface area contributed by atoms with Crippen LogP contribution in [0.25, 0.3) is 0 Å². The zero-order chi connectivity index (χ0) is 27.0. The lowest BCUT2D eigenvalue weighted by atomic mass is 10.2. The van der Waals surface area contributed by atoms with Crippen LogP contribution in [0.15, 0.2) is 76.7 Å². The molecule has 0 aliphatic heterocycles. The molecule has 0 aromatic heterocycles. The molecular weight excluding hydrogens is 522 g/mol. The standard InChI is InChI=1S/C25H24ClN3O7S/c1-17-8-11-19(12-9-17)37(32,33)29(21-7-5-4-6-20(21)26)16-24(30)28-27-15-18-10-13-22(23(14-18)34-2)36-25(31)35-3/h4-15H,16H2,1-3H3,(H,28,30)/b27-15-. The van der Waals surface area contributed by atoms with Crippen LogP contribution < -0.4 is 19.2 Å². The smallest absolute Gasteiger partial charge is 0.493 e. The Morgan fingerprint density at radius 1 is 1.03 bits per heavy atom. The van der Waals surface area contributed by atoms with E-state index in [-0.39, 0.29) is 27.1 Å². The first kappa shape index (κ1) is 27.5. The molecule has 3 rings (SSSR count). The first-order valence-electron chi connectivity index (χ1n) is 10.8. The first-order valence-corrected chi connectivity index (χ1v) is 12.6. The summed E-state index contributed by atoms with van der Waals surface area (Å²) >= 11 is 6.27. The summed E-state index contributed by atoms with van der Waals surface area (Å²) in [5, 5.41) is 4.06. The summed E-state index contributed by atoms with van der Waals surface area (Å²) < 4.78 is 42.4. The van der Waals surface area contributed by atoms with Gasteiger partial charge in [0.15, 0.2) is 11.5 Å². The maximum Gasteiger partial charge on any atom is 0.513 e. The predicted molar refractivity (Wildman–Crippen MR) is 139 cm³/mol. The van der Waals surface area contributed by atoms with Crippen molar-refractivity contribution in [1.29, 1.82) is 0 Å². The molecule has 0 unspecified atom stereocenters. The number of halogens is 1. The SMILES string of the molecule is COC(=O)Oc1ccc(/C=N\NC(=O)CN(c2ccccc2Cl)S(=O)(=O)c2ccc(C)cc2)cc1OC. The number of hydrogen-bond donors (Lipinski definition) is 1. The van der Waals surface area contributed by atoms with Gasteiger partial charge in [0, 0.05) is 0 Å². The summed E-state index contributed by atoms with van der Waals surface area (Å²) in [7, 11) is -1.56. The van der Waals surface area contributed by atoms with Gasteiger partial charge >= 0.3 is 6.16 Å². The van der Waals surface area contributed by atoms with Crippen molar-refractivity contribution < 1.29 is 32.2 Å². The number of benzene rings is 3. The molecule has 0 atom stereocenters. The van der Waals surface area contributed by atoms with Crippen LogP contribution in [0.1, 0.15) is 11.1 Å². The van der Waals surface area contributed by atoms with Crippen molar-refractivity contribution in [3.8, 4) is 11.5 Å². The van der Waals surface area contributed by atoms with Gasteiger partial charge in [0.1, 0.15) is 6.54 Å². The van der Waals surface area contributed by atoms with Crippen molar-refractivity contribution in [3.05, 3.63) is 82.9 Å². The Kier molecular flexibility index (Phi) is 9.10. The molecule has 0 saturated heterocycles. The highest BCUT2D eigenvalue weighted by atomic mass is 35.5. The van der Waals surface area contributed by atoms with Crippen LogP contribution in [0.3, 0.4) is 0 Å². The second-order valence-electron chi connectivity index (χ2n) is 7.54. The Morgan fingerprint density at radius 3 is 2.38 bits per heavy atom. The summed E-state index contributed by atoms with van der Waals surface area (Å²) in [4.78, 5) is 24.1. The normalized spacial score (nSPS) is 11.1. The van der Waals surface area contributed by atoms with Gasteiger partial charge < -0.3 is 14.2 Å². The number of rotatable bonds is 9. The number of hydrazone groups is 1. The molecule has 194 valence electrons. The van der Waals surface area contributed by atoms with Gasteiger partial charge in [-0.3, -0.25) is 9.10 Å². The molecule has 3 aromatic rings. The Labute approximate surface area is 219 Å². The van der Waals surface area contributed by atoms with Gasteiger partial charge in [-0.1, -0.05) is 41.4 Å². The topological polar surface area (TPSA) is 124 Å². The van der Waals surface area contributed by atoms with Crippen LogP contribution in [-0.2, 0) is 19.6 Å². The Bertz CT molecular complexity index is 1410. The molecule has 0 aliphatic rings. The van der Waals surface area contributed by atoms with Gasteiger partial charge in [-0.05, 0) is 55.0 Å². The number of hydrogen-bond acceptors (Lipinski definition) is 8. The van der Waals surface area contributed by atoms with Crippen molar-refractivity contribution in [2.45, 2.75) is 11.8 Å². The van der Waals surface area contributed by atoms with Gasteiger partial charge in [0.05, 0.1) is 36.0 Å². The number of nitrogens with zero attached hydrogens (tertiary/aromatic N) is 2. The van der Waals surface area contributed by atoms with Crippen molar-refractivity contribution in [2.24, 2.45) is 5.10 Å². The zero-order valence-corrected chi connectivity index (χ0v) is 21.7. The third kappa shape index (κ3) is 6.99. The number of carbonyl (C=O) groups is 2. The molecule has 0 bridgehead atoms. The minimum absolute atomic E-state index is 0.00989. The molecule has 3 aromatic carbocycles. The molecule has 12 heteroatoms. The number of para-hydroxylation sites is 1. The molecule has 0 saturated carbocycles. The fourth-order valence-corrected chi connectivity index (χ4v) is 4.84. The fourth-order valence-electron chi connectivity index (χ4n) is 3.12. The average Bonchev–Trinajstić information content (AvgIpc) is 2.88. The number of aryl methyl sites for hydroxylation is 1. The molecule has 0 radical (unpaired) electrons. The molecule has 0 spiro atoms. The number of sulfonamides is 1. The Balaban J connectivity index is 1.79. The minimum atomic E-state index is -4.12. The third-order valence-corrected chi connectivity index (χ3v) is 7.06. The van der Waals surface area contributed by atoms with Gasteiger partial charge in [-0.15, -0.1) is 0 Å². The summed E-state index contributed by atoms with van der Waals surface area (Å²) in [5.41, 5.74) is 3.85. The van der Waals surface area contributed by atoms with Crippen LogP contribution >= 0.6 is 11.6 Å². The lowest BCUT2D eigenvalue weighted by molar-refractivity contribution is -0.119. The summed E-state index contributed by atoms with van der Waals surface area (Å²) in [6.07, 6.45) is 0.409. The second kappa shape index (κ2) is 12.2. The second-order valence-corrected chi connectivity index (χ2v) is 9.81. The van der Waals surface area contributed by atoms with E-state index < -0.39 is 28.6 Å². The van der Waals surface area contributed by atoms with Gasteiger partial charge in [-0.25, -0.2) is 18.6 Å². The third-order valence-electron chi connectivity index (χ3n) is 4.97. The quantitative estimate of drug-likeness (QED) is 0.185. The highest BCUT2D eigenvalue weighted by Gasteiger charge is 2.28. The predicted octanol–water partition coefficient (Wildman–Crippen LogP) is 4.15. The van der Waals surface area contributed by atoms with Crippen molar-refractivity contribution in [2.75, 3.05) is 25.1 Å². The van der Waals surface area contributed by atoms with Gasteiger partial charge in [-0.2, -0.15) is 5.10 Å². The number of methoxy groups -OCH3 is 2. The zero-order valence-electron chi connectivity index (χ0n) is 20.2. The Morgan fingerprint density at radius 2 is 1.73 bits per heavy atom. The van der Waals surface area contributed by atoms with E-state index in [2.05, 4.69) is 15.3 Å². The van der Waals surface area contributed by atoms with E-state index in [4.69, 9.17) is 21.1 Å². The van der Waals surface area contributed by atoms with E-state index in [0.717, 1.165) is 9.87 Å².